The molecule has 0 radical (unpaired) electrons. The molecule has 0 N–H and O–H groups in total. The van der Waals surface area contributed by atoms with Gasteiger partial charge in [-0.25, -0.2) is 8.42 Å². The summed E-state index contributed by atoms with van der Waals surface area (Å²) in [6.07, 6.45) is -0.0319. The number of rotatable bonds is 14. The molecule has 0 aliphatic rings. The van der Waals surface area contributed by atoms with Crippen LogP contribution in [0.3, 0.4) is 0 Å². The maximum Gasteiger partial charge on any atom is 0.243 e. The van der Waals surface area contributed by atoms with E-state index in [1.54, 1.807) is 37.9 Å². The summed E-state index contributed by atoms with van der Waals surface area (Å²) in [6.45, 7) is 6.86. The van der Waals surface area contributed by atoms with E-state index < -0.39 is 10.0 Å². The van der Waals surface area contributed by atoms with Gasteiger partial charge >= 0.3 is 0 Å². The summed E-state index contributed by atoms with van der Waals surface area (Å²) in [5.74, 6) is 0.875. The van der Waals surface area contributed by atoms with Gasteiger partial charge < -0.3 is 19.3 Å². The first-order chi connectivity index (χ1) is 17.8. The summed E-state index contributed by atoms with van der Waals surface area (Å²) in [4.78, 5) is 29.0. The molecule has 0 fully saturated rings. The van der Waals surface area contributed by atoms with Crippen LogP contribution in [0.5, 0.6) is 11.5 Å². The molecule has 2 aromatic carbocycles. The minimum absolute atomic E-state index is 0.00846. The Labute approximate surface area is 227 Å². The molecule has 0 spiro atoms. The molecule has 0 aliphatic carbocycles. The Balaban J connectivity index is 1.91. The van der Waals surface area contributed by atoms with Gasteiger partial charge in [0.2, 0.25) is 15.9 Å². The Morgan fingerprint density at radius 3 is 2.08 bits per heavy atom. The van der Waals surface area contributed by atoms with Crippen molar-refractivity contribution in [1.29, 1.82) is 0 Å². The fraction of sp³-hybridized carbons (Fsp3) is 0.500. The number of ether oxygens (including phenoxy) is 2. The van der Waals surface area contributed by atoms with Gasteiger partial charge in [-0.3, -0.25) is 9.59 Å². The van der Waals surface area contributed by atoms with Crippen molar-refractivity contribution in [3.05, 3.63) is 52.6 Å². The molecule has 0 aromatic heterocycles. The van der Waals surface area contributed by atoms with Crippen LogP contribution in [-0.4, -0.2) is 89.2 Å². The fourth-order valence-electron chi connectivity index (χ4n) is 4.11. The zero-order valence-corrected chi connectivity index (χ0v) is 24.6. The molecule has 9 nitrogen and oxygen atoms in total. The second-order valence-electron chi connectivity index (χ2n) is 9.89. The zero-order valence-electron chi connectivity index (χ0n) is 23.8. The number of carbonyl (C=O) groups is 2. The lowest BCUT2D eigenvalue weighted by atomic mass is 10.1. The summed E-state index contributed by atoms with van der Waals surface area (Å²) >= 11 is 0. The Morgan fingerprint density at radius 1 is 0.895 bits per heavy atom. The van der Waals surface area contributed by atoms with Gasteiger partial charge in [0.05, 0.1) is 18.6 Å². The third kappa shape index (κ3) is 8.54. The standard InChI is InChI=1S/C28H41N3O6S/c1-20-15-23(9-11-26(20)37-14-13-29(4)5)18-30(6)27(33)12-10-24(32)19-31(7)38(34,35)28-21(2)16-25(36-8)17-22(28)3/h9,11,15-17H,10,12-14,18-19H2,1-8H3. The number of sulfonamides is 1. The molecule has 38 heavy (non-hydrogen) atoms. The van der Waals surface area contributed by atoms with Gasteiger partial charge in [0, 0.05) is 40.0 Å². The number of hydrogen-bond acceptors (Lipinski definition) is 7. The van der Waals surface area contributed by atoms with E-state index in [0.717, 1.165) is 27.7 Å². The number of amides is 1. The van der Waals surface area contributed by atoms with Crippen molar-refractivity contribution in [2.24, 2.45) is 0 Å². The van der Waals surface area contributed by atoms with E-state index in [2.05, 4.69) is 4.90 Å². The Bertz CT molecular complexity index is 1220. The molecule has 0 atom stereocenters. The number of ketones is 1. The summed E-state index contributed by atoms with van der Waals surface area (Å²) < 4.78 is 38.3. The first-order valence-corrected chi connectivity index (χ1v) is 13.9. The molecule has 2 rings (SSSR count). The Hall–Kier alpha value is -2.95. The number of carbonyl (C=O) groups excluding carboxylic acids is 2. The smallest absolute Gasteiger partial charge is 0.243 e. The molecule has 0 heterocycles. The van der Waals surface area contributed by atoms with Crippen LogP contribution < -0.4 is 9.47 Å². The van der Waals surface area contributed by atoms with Crippen LogP contribution in [0.15, 0.2) is 35.2 Å². The van der Waals surface area contributed by atoms with Crippen molar-refractivity contribution in [3.8, 4) is 11.5 Å². The van der Waals surface area contributed by atoms with E-state index in [-0.39, 0.29) is 36.0 Å². The van der Waals surface area contributed by atoms with Crippen molar-refractivity contribution in [2.45, 2.75) is 45.1 Å². The molecule has 10 heteroatoms. The Morgan fingerprint density at radius 2 is 1.53 bits per heavy atom. The van der Waals surface area contributed by atoms with E-state index >= 15 is 0 Å². The van der Waals surface area contributed by atoms with Crippen LogP contribution in [0.2, 0.25) is 0 Å². The lowest BCUT2D eigenvalue weighted by molar-refractivity contribution is -0.132. The van der Waals surface area contributed by atoms with E-state index in [0.29, 0.717) is 30.0 Å². The second kappa shape index (κ2) is 13.7. The number of methoxy groups -OCH3 is 1. The maximum atomic E-state index is 13.1. The van der Waals surface area contributed by atoms with Crippen molar-refractivity contribution < 1.29 is 27.5 Å². The molecule has 0 unspecified atom stereocenters. The SMILES string of the molecule is COc1cc(C)c(S(=O)(=O)N(C)CC(=O)CCC(=O)N(C)Cc2ccc(OCCN(C)C)c(C)c2)c(C)c1. The number of nitrogens with zero attached hydrogens (tertiary/aromatic N) is 3. The predicted molar refractivity (Wildman–Crippen MR) is 148 cm³/mol. The summed E-state index contributed by atoms with van der Waals surface area (Å²) in [5.41, 5.74) is 3.03. The topological polar surface area (TPSA) is 96.5 Å². The Kier molecular flexibility index (Phi) is 11.3. The third-order valence-electron chi connectivity index (χ3n) is 6.24. The number of Topliss-reactive ketones (excluding diaryl/α,β-unsaturated/α-hetero) is 1. The van der Waals surface area contributed by atoms with E-state index in [4.69, 9.17) is 9.47 Å². The normalized spacial score (nSPS) is 11.6. The monoisotopic (exact) mass is 547 g/mol. The van der Waals surface area contributed by atoms with Crippen molar-refractivity contribution in [2.75, 3.05) is 55.0 Å². The summed E-state index contributed by atoms with van der Waals surface area (Å²) in [6, 6.07) is 9.12. The van der Waals surface area contributed by atoms with Gasteiger partial charge in [0.15, 0.2) is 0 Å². The number of aryl methyl sites for hydroxylation is 3. The second-order valence-corrected chi connectivity index (χ2v) is 11.9. The molecule has 0 bridgehead atoms. The lowest BCUT2D eigenvalue weighted by Gasteiger charge is -2.21. The quantitative estimate of drug-likeness (QED) is 0.358. The molecule has 210 valence electrons. The molecule has 0 saturated heterocycles. The zero-order chi connectivity index (χ0) is 28.6. The highest BCUT2D eigenvalue weighted by atomic mass is 32.2. The van der Waals surface area contributed by atoms with Crippen LogP contribution >= 0.6 is 0 Å². The minimum atomic E-state index is -3.88. The number of likely N-dealkylation sites (N-methyl/N-ethyl adjacent to an activating group) is 2. The first-order valence-electron chi connectivity index (χ1n) is 12.5. The predicted octanol–water partition coefficient (Wildman–Crippen LogP) is 3.19. The third-order valence-corrected chi connectivity index (χ3v) is 8.35. The van der Waals surface area contributed by atoms with Crippen molar-refractivity contribution in [3.63, 3.8) is 0 Å². The number of hydrogen-bond donors (Lipinski definition) is 0. The van der Waals surface area contributed by atoms with Crippen LogP contribution in [0.25, 0.3) is 0 Å². The molecule has 0 saturated carbocycles. The largest absolute Gasteiger partial charge is 0.497 e. The van der Waals surface area contributed by atoms with E-state index in [1.807, 2.05) is 39.2 Å². The fourth-order valence-corrected chi connectivity index (χ4v) is 5.67. The first kappa shape index (κ1) is 31.3. The average Bonchev–Trinajstić information content (AvgIpc) is 2.82. The van der Waals surface area contributed by atoms with Crippen molar-refractivity contribution >= 4 is 21.7 Å². The van der Waals surface area contributed by atoms with Gasteiger partial charge in [0.1, 0.15) is 23.9 Å². The van der Waals surface area contributed by atoms with Gasteiger partial charge in [-0.05, 0) is 75.3 Å². The van der Waals surface area contributed by atoms with E-state index in [1.165, 1.54) is 14.2 Å². The highest BCUT2D eigenvalue weighted by Crippen LogP contribution is 2.28. The van der Waals surface area contributed by atoms with Crippen LogP contribution in [0.1, 0.15) is 35.1 Å². The highest BCUT2D eigenvalue weighted by molar-refractivity contribution is 7.89. The van der Waals surface area contributed by atoms with Gasteiger partial charge in [-0.15, -0.1) is 0 Å². The van der Waals surface area contributed by atoms with Crippen molar-refractivity contribution in [1.82, 2.24) is 14.1 Å². The summed E-state index contributed by atoms with van der Waals surface area (Å²) in [5, 5.41) is 0. The molecule has 2 aromatic rings. The number of benzene rings is 2. The lowest BCUT2D eigenvalue weighted by Crippen LogP contribution is -2.34. The molecular formula is C28H41N3O6S. The van der Waals surface area contributed by atoms with Gasteiger partial charge in [0.25, 0.3) is 0 Å². The summed E-state index contributed by atoms with van der Waals surface area (Å²) in [7, 11) is 4.68. The van der Waals surface area contributed by atoms with Crippen LogP contribution in [-0.2, 0) is 26.2 Å². The van der Waals surface area contributed by atoms with E-state index in [9.17, 15) is 18.0 Å². The van der Waals surface area contributed by atoms with Gasteiger partial charge in [-0.1, -0.05) is 12.1 Å². The van der Waals surface area contributed by atoms with Crippen LogP contribution in [0, 0.1) is 20.8 Å². The average molecular weight is 548 g/mol. The highest BCUT2D eigenvalue weighted by Gasteiger charge is 2.27. The van der Waals surface area contributed by atoms with Crippen LogP contribution in [0.4, 0.5) is 0 Å². The molecular weight excluding hydrogens is 506 g/mol. The molecule has 0 aliphatic heterocycles. The minimum Gasteiger partial charge on any atom is -0.497 e. The van der Waals surface area contributed by atoms with Gasteiger partial charge in [-0.2, -0.15) is 4.31 Å². The molecule has 1 amide bonds. The maximum absolute atomic E-state index is 13.1.